The quantitative estimate of drug-likeness (QED) is 0.667. The van der Waals surface area contributed by atoms with E-state index in [1.807, 2.05) is 18.2 Å². The third kappa shape index (κ3) is 4.91. The van der Waals surface area contributed by atoms with Crippen LogP contribution >= 0.6 is 0 Å². The first kappa shape index (κ1) is 16.1. The van der Waals surface area contributed by atoms with Crippen molar-refractivity contribution in [3.8, 4) is 0 Å². The monoisotopic (exact) mass is 301 g/mol. The number of carbonyl (C=O) groups is 1. The second-order valence-electron chi connectivity index (χ2n) is 4.95. The Bertz CT molecular complexity index is 587. The SMILES string of the molecule is O=C(O)[C@@H](CO)NCc1cnc(CCc2ccccc2)nc1. The van der Waals surface area contributed by atoms with Crippen LogP contribution in [-0.4, -0.2) is 38.8 Å². The smallest absolute Gasteiger partial charge is 0.323 e. The Morgan fingerprint density at radius 3 is 2.36 bits per heavy atom. The van der Waals surface area contributed by atoms with Gasteiger partial charge in [-0.15, -0.1) is 0 Å². The molecule has 0 aliphatic heterocycles. The fraction of sp³-hybridized carbons (Fsp3) is 0.312. The number of rotatable bonds is 8. The molecule has 0 aliphatic carbocycles. The molecule has 0 spiro atoms. The molecule has 6 nitrogen and oxygen atoms in total. The molecule has 1 heterocycles. The van der Waals surface area contributed by atoms with Gasteiger partial charge in [0.1, 0.15) is 11.9 Å². The van der Waals surface area contributed by atoms with Crippen LogP contribution in [0.25, 0.3) is 0 Å². The lowest BCUT2D eigenvalue weighted by molar-refractivity contribution is -0.140. The van der Waals surface area contributed by atoms with Crippen LogP contribution in [0.1, 0.15) is 17.0 Å². The van der Waals surface area contributed by atoms with Gasteiger partial charge in [-0.05, 0) is 12.0 Å². The highest BCUT2D eigenvalue weighted by Crippen LogP contribution is 2.04. The molecule has 1 atom stereocenters. The first-order valence-corrected chi connectivity index (χ1v) is 7.10. The summed E-state index contributed by atoms with van der Waals surface area (Å²) in [4.78, 5) is 19.3. The summed E-state index contributed by atoms with van der Waals surface area (Å²) < 4.78 is 0. The number of aromatic nitrogens is 2. The Balaban J connectivity index is 1.83. The first-order valence-electron chi connectivity index (χ1n) is 7.10. The van der Waals surface area contributed by atoms with E-state index in [-0.39, 0.29) is 0 Å². The summed E-state index contributed by atoms with van der Waals surface area (Å²) in [6.45, 7) is -0.151. The van der Waals surface area contributed by atoms with Gasteiger partial charge in [-0.1, -0.05) is 30.3 Å². The number of nitrogens with zero attached hydrogens (tertiary/aromatic N) is 2. The van der Waals surface area contributed by atoms with Crippen LogP contribution in [0.3, 0.4) is 0 Å². The van der Waals surface area contributed by atoms with Crippen molar-refractivity contribution in [2.45, 2.75) is 25.4 Å². The lowest BCUT2D eigenvalue weighted by Crippen LogP contribution is -2.39. The van der Waals surface area contributed by atoms with E-state index in [1.165, 1.54) is 5.56 Å². The van der Waals surface area contributed by atoms with Crippen molar-refractivity contribution in [1.29, 1.82) is 0 Å². The molecule has 0 bridgehead atoms. The predicted molar refractivity (Wildman–Crippen MR) is 81.2 cm³/mol. The van der Waals surface area contributed by atoms with Crippen LogP contribution in [0.2, 0.25) is 0 Å². The average molecular weight is 301 g/mol. The highest BCUT2D eigenvalue weighted by molar-refractivity contribution is 5.73. The molecule has 22 heavy (non-hydrogen) atoms. The Labute approximate surface area is 128 Å². The van der Waals surface area contributed by atoms with Crippen LogP contribution in [0.5, 0.6) is 0 Å². The molecule has 2 rings (SSSR count). The Morgan fingerprint density at radius 1 is 1.09 bits per heavy atom. The molecule has 0 aliphatic rings. The molecule has 0 saturated carbocycles. The van der Waals surface area contributed by atoms with Gasteiger partial charge in [0.2, 0.25) is 0 Å². The first-order chi connectivity index (χ1) is 10.7. The zero-order valence-corrected chi connectivity index (χ0v) is 12.1. The standard InChI is InChI=1S/C16H19N3O3/c20-11-14(16(21)22)17-8-13-9-18-15(19-10-13)7-6-12-4-2-1-3-5-12/h1-5,9-10,14,17,20H,6-8,11H2,(H,21,22)/t14-/m1/s1. The van der Waals surface area contributed by atoms with Crippen molar-refractivity contribution < 1.29 is 15.0 Å². The zero-order chi connectivity index (χ0) is 15.8. The summed E-state index contributed by atoms with van der Waals surface area (Å²) in [5.41, 5.74) is 2.02. The molecule has 0 unspecified atom stereocenters. The normalized spacial score (nSPS) is 12.0. The molecule has 0 saturated heterocycles. The Hall–Kier alpha value is -2.31. The Kier molecular flexibility index (Phi) is 6.00. The van der Waals surface area contributed by atoms with Gasteiger partial charge in [-0.2, -0.15) is 0 Å². The maximum absolute atomic E-state index is 10.8. The molecule has 1 aromatic carbocycles. The highest BCUT2D eigenvalue weighted by atomic mass is 16.4. The zero-order valence-electron chi connectivity index (χ0n) is 12.1. The van der Waals surface area contributed by atoms with Gasteiger partial charge in [-0.3, -0.25) is 10.1 Å². The minimum Gasteiger partial charge on any atom is -0.480 e. The van der Waals surface area contributed by atoms with E-state index in [1.54, 1.807) is 12.4 Å². The van der Waals surface area contributed by atoms with Gasteiger partial charge in [0, 0.05) is 30.9 Å². The second-order valence-corrected chi connectivity index (χ2v) is 4.95. The van der Waals surface area contributed by atoms with Crippen LogP contribution in [0, 0.1) is 0 Å². The fourth-order valence-electron chi connectivity index (χ4n) is 1.97. The van der Waals surface area contributed by atoms with Crippen molar-refractivity contribution in [2.24, 2.45) is 0 Å². The summed E-state index contributed by atoms with van der Waals surface area (Å²) >= 11 is 0. The van der Waals surface area contributed by atoms with E-state index in [4.69, 9.17) is 10.2 Å². The molecule has 0 amide bonds. The summed E-state index contributed by atoms with van der Waals surface area (Å²) in [6.07, 6.45) is 4.99. The number of aliphatic hydroxyl groups excluding tert-OH is 1. The molecular formula is C16H19N3O3. The molecule has 2 aromatic rings. The maximum Gasteiger partial charge on any atom is 0.323 e. The van der Waals surface area contributed by atoms with E-state index in [2.05, 4.69) is 27.4 Å². The number of benzene rings is 1. The summed E-state index contributed by atoms with van der Waals surface area (Å²) in [5.74, 6) is -0.326. The van der Waals surface area contributed by atoms with Crippen molar-refractivity contribution >= 4 is 5.97 Å². The van der Waals surface area contributed by atoms with Gasteiger partial charge in [0.05, 0.1) is 6.61 Å². The lowest BCUT2D eigenvalue weighted by Gasteiger charge is -2.11. The summed E-state index contributed by atoms with van der Waals surface area (Å²) in [6, 6.07) is 9.16. The molecular weight excluding hydrogens is 282 g/mol. The van der Waals surface area contributed by atoms with Gasteiger partial charge < -0.3 is 10.2 Å². The number of hydrogen-bond acceptors (Lipinski definition) is 5. The number of aryl methyl sites for hydroxylation is 2. The summed E-state index contributed by atoms with van der Waals surface area (Å²) in [7, 11) is 0. The third-order valence-electron chi connectivity index (χ3n) is 3.27. The maximum atomic E-state index is 10.8. The topological polar surface area (TPSA) is 95.3 Å². The second kappa shape index (κ2) is 8.21. The van der Waals surface area contributed by atoms with Crippen LogP contribution in [-0.2, 0) is 24.2 Å². The minimum atomic E-state index is -1.08. The summed E-state index contributed by atoms with van der Waals surface area (Å²) in [5, 5.41) is 20.5. The van der Waals surface area contributed by atoms with Crippen molar-refractivity contribution in [2.75, 3.05) is 6.61 Å². The Morgan fingerprint density at radius 2 is 1.77 bits per heavy atom. The van der Waals surface area contributed by atoms with Gasteiger partial charge in [0.25, 0.3) is 0 Å². The number of hydrogen-bond donors (Lipinski definition) is 3. The number of carboxylic acids is 1. The molecule has 0 radical (unpaired) electrons. The number of carboxylic acid groups (broad SMARTS) is 1. The number of aliphatic hydroxyl groups is 1. The third-order valence-corrected chi connectivity index (χ3v) is 3.27. The number of nitrogens with one attached hydrogen (secondary N) is 1. The molecule has 0 fully saturated rings. The molecule has 6 heteroatoms. The van der Waals surface area contributed by atoms with Crippen LogP contribution < -0.4 is 5.32 Å². The van der Waals surface area contributed by atoms with Crippen molar-refractivity contribution in [1.82, 2.24) is 15.3 Å². The van der Waals surface area contributed by atoms with Crippen molar-refractivity contribution in [3.63, 3.8) is 0 Å². The van der Waals surface area contributed by atoms with E-state index in [9.17, 15) is 4.79 Å². The largest absolute Gasteiger partial charge is 0.480 e. The van der Waals surface area contributed by atoms with Gasteiger partial charge in [0.15, 0.2) is 0 Å². The van der Waals surface area contributed by atoms with Crippen LogP contribution in [0.15, 0.2) is 42.7 Å². The highest BCUT2D eigenvalue weighted by Gasteiger charge is 2.14. The lowest BCUT2D eigenvalue weighted by atomic mass is 10.1. The fourth-order valence-corrected chi connectivity index (χ4v) is 1.97. The van der Waals surface area contributed by atoms with Gasteiger partial charge >= 0.3 is 5.97 Å². The molecule has 1 aromatic heterocycles. The van der Waals surface area contributed by atoms with Gasteiger partial charge in [-0.25, -0.2) is 9.97 Å². The average Bonchev–Trinajstić information content (AvgIpc) is 2.55. The predicted octanol–water partition coefficient (Wildman–Crippen LogP) is 0.797. The minimum absolute atomic E-state index is 0.302. The van der Waals surface area contributed by atoms with E-state index in [0.29, 0.717) is 6.54 Å². The van der Waals surface area contributed by atoms with E-state index < -0.39 is 18.6 Å². The van der Waals surface area contributed by atoms with Crippen LogP contribution in [0.4, 0.5) is 0 Å². The van der Waals surface area contributed by atoms with E-state index >= 15 is 0 Å². The van der Waals surface area contributed by atoms with Crippen molar-refractivity contribution in [3.05, 3.63) is 59.7 Å². The number of aliphatic carboxylic acids is 1. The van der Waals surface area contributed by atoms with E-state index in [0.717, 1.165) is 24.2 Å². The molecule has 116 valence electrons. The molecule has 3 N–H and O–H groups in total.